The smallest absolute Gasteiger partial charge is 0.119 e. The Morgan fingerprint density at radius 3 is 2.65 bits per heavy atom. The van der Waals surface area contributed by atoms with Crippen molar-refractivity contribution >= 4 is 27.7 Å². The predicted octanol–water partition coefficient (Wildman–Crippen LogP) is 3.31. The second-order valence-corrected chi connectivity index (χ2v) is 6.28. The number of benzene rings is 1. The van der Waals surface area contributed by atoms with Gasteiger partial charge in [-0.3, -0.25) is 0 Å². The molecule has 1 aliphatic rings. The molecule has 94 valence electrons. The Hall–Kier alpha value is -0.190. The molecule has 1 saturated heterocycles. The molecule has 1 heterocycles. The number of nitrogens with one attached hydrogen (secondary N) is 1. The molecule has 0 aromatic heterocycles. The summed E-state index contributed by atoms with van der Waals surface area (Å²) in [6.45, 7) is 1.68. The maximum atomic E-state index is 5.66. The van der Waals surface area contributed by atoms with Crippen molar-refractivity contribution in [3.8, 4) is 5.75 Å². The van der Waals surface area contributed by atoms with Crippen molar-refractivity contribution in [1.82, 2.24) is 5.32 Å². The average Bonchev–Trinajstić information content (AvgIpc) is 2.38. The third-order valence-corrected chi connectivity index (χ3v) is 4.42. The highest BCUT2D eigenvalue weighted by atomic mass is 79.9. The molecule has 1 fully saturated rings. The monoisotopic (exact) mass is 315 g/mol. The lowest BCUT2D eigenvalue weighted by atomic mass is 10.1. The van der Waals surface area contributed by atoms with E-state index in [-0.39, 0.29) is 0 Å². The molecule has 17 heavy (non-hydrogen) atoms. The molecule has 0 saturated carbocycles. The van der Waals surface area contributed by atoms with Crippen LogP contribution in [0, 0.1) is 0 Å². The fourth-order valence-electron chi connectivity index (χ4n) is 1.86. The molecule has 0 amide bonds. The maximum absolute atomic E-state index is 5.66. The van der Waals surface area contributed by atoms with Gasteiger partial charge in [-0.2, -0.15) is 11.8 Å². The first-order chi connectivity index (χ1) is 8.34. The maximum Gasteiger partial charge on any atom is 0.119 e. The van der Waals surface area contributed by atoms with Crippen LogP contribution in [0.5, 0.6) is 5.75 Å². The van der Waals surface area contributed by atoms with Gasteiger partial charge in [0, 0.05) is 17.1 Å². The summed E-state index contributed by atoms with van der Waals surface area (Å²) >= 11 is 5.47. The highest BCUT2D eigenvalue weighted by molar-refractivity contribution is 9.10. The molecular weight excluding hydrogens is 298 g/mol. The summed E-state index contributed by atoms with van der Waals surface area (Å²) in [5.41, 5.74) is 0. The van der Waals surface area contributed by atoms with Crippen LogP contribution in [0.25, 0.3) is 0 Å². The van der Waals surface area contributed by atoms with Gasteiger partial charge in [-0.25, -0.2) is 0 Å². The zero-order chi connectivity index (χ0) is 11.9. The number of halogens is 1. The second-order valence-electron chi connectivity index (χ2n) is 4.14. The van der Waals surface area contributed by atoms with E-state index in [1.807, 2.05) is 24.3 Å². The molecule has 2 nitrogen and oxygen atoms in total. The minimum Gasteiger partial charge on any atom is -0.492 e. The third-order valence-electron chi connectivity index (χ3n) is 2.84. The largest absolute Gasteiger partial charge is 0.492 e. The van der Waals surface area contributed by atoms with E-state index >= 15 is 0 Å². The van der Waals surface area contributed by atoms with Gasteiger partial charge in [0.15, 0.2) is 0 Å². The molecule has 0 atom stereocenters. The van der Waals surface area contributed by atoms with E-state index in [0.717, 1.165) is 23.4 Å². The standard InChI is InChI=1S/C13H18BrNOS/c14-11-1-3-13(4-2-11)16-8-7-15-12-5-9-17-10-6-12/h1-4,12,15H,5-10H2. The van der Waals surface area contributed by atoms with E-state index in [4.69, 9.17) is 4.74 Å². The van der Waals surface area contributed by atoms with Gasteiger partial charge in [0.05, 0.1) is 0 Å². The van der Waals surface area contributed by atoms with Gasteiger partial charge in [0.2, 0.25) is 0 Å². The second kappa shape index (κ2) is 7.29. The van der Waals surface area contributed by atoms with Gasteiger partial charge in [0.1, 0.15) is 12.4 Å². The van der Waals surface area contributed by atoms with Crippen molar-refractivity contribution in [3.63, 3.8) is 0 Å². The summed E-state index contributed by atoms with van der Waals surface area (Å²) in [5.74, 6) is 3.53. The van der Waals surface area contributed by atoms with Gasteiger partial charge in [-0.15, -0.1) is 0 Å². The Kier molecular flexibility index (Phi) is 5.68. The van der Waals surface area contributed by atoms with Crippen LogP contribution in [0.4, 0.5) is 0 Å². The Morgan fingerprint density at radius 2 is 1.94 bits per heavy atom. The molecular formula is C13H18BrNOS. The Morgan fingerprint density at radius 1 is 1.24 bits per heavy atom. The van der Waals surface area contributed by atoms with Crippen LogP contribution in [0.15, 0.2) is 28.7 Å². The lowest BCUT2D eigenvalue weighted by molar-refractivity contribution is 0.302. The van der Waals surface area contributed by atoms with E-state index in [9.17, 15) is 0 Å². The average molecular weight is 316 g/mol. The fraction of sp³-hybridized carbons (Fsp3) is 0.538. The molecule has 0 spiro atoms. The number of ether oxygens (including phenoxy) is 1. The van der Waals surface area contributed by atoms with Crippen LogP contribution < -0.4 is 10.1 Å². The molecule has 1 aromatic rings. The summed E-state index contributed by atoms with van der Waals surface area (Å²) in [4.78, 5) is 0. The van der Waals surface area contributed by atoms with Crippen LogP contribution in [0.1, 0.15) is 12.8 Å². The van der Waals surface area contributed by atoms with Crippen molar-refractivity contribution in [3.05, 3.63) is 28.7 Å². The molecule has 2 rings (SSSR count). The lowest BCUT2D eigenvalue weighted by Crippen LogP contribution is -2.35. The van der Waals surface area contributed by atoms with Crippen molar-refractivity contribution < 1.29 is 4.74 Å². The Balaban J connectivity index is 1.60. The molecule has 1 N–H and O–H groups in total. The first-order valence-electron chi connectivity index (χ1n) is 6.04. The molecule has 0 unspecified atom stereocenters. The van der Waals surface area contributed by atoms with E-state index in [0.29, 0.717) is 6.04 Å². The van der Waals surface area contributed by atoms with Gasteiger partial charge >= 0.3 is 0 Å². The van der Waals surface area contributed by atoms with Gasteiger partial charge in [-0.05, 0) is 48.6 Å². The Labute approximate surface area is 116 Å². The zero-order valence-corrected chi connectivity index (χ0v) is 12.2. The van der Waals surface area contributed by atoms with Crippen LogP contribution >= 0.6 is 27.7 Å². The summed E-state index contributed by atoms with van der Waals surface area (Å²) in [6, 6.07) is 8.68. The predicted molar refractivity (Wildman–Crippen MR) is 78.0 cm³/mol. The molecule has 1 aliphatic heterocycles. The quantitative estimate of drug-likeness (QED) is 0.842. The van der Waals surface area contributed by atoms with Crippen LogP contribution in [-0.4, -0.2) is 30.7 Å². The summed E-state index contributed by atoms with van der Waals surface area (Å²) in [7, 11) is 0. The van der Waals surface area contributed by atoms with Crippen LogP contribution in [0.2, 0.25) is 0 Å². The number of thioether (sulfide) groups is 1. The molecule has 4 heteroatoms. The number of rotatable bonds is 5. The minimum atomic E-state index is 0.699. The van der Waals surface area contributed by atoms with Crippen LogP contribution in [-0.2, 0) is 0 Å². The van der Waals surface area contributed by atoms with E-state index in [2.05, 4.69) is 33.0 Å². The highest BCUT2D eigenvalue weighted by Gasteiger charge is 2.12. The lowest BCUT2D eigenvalue weighted by Gasteiger charge is -2.22. The summed E-state index contributed by atoms with van der Waals surface area (Å²) in [6.07, 6.45) is 2.59. The van der Waals surface area contributed by atoms with E-state index < -0.39 is 0 Å². The topological polar surface area (TPSA) is 21.3 Å². The summed E-state index contributed by atoms with van der Waals surface area (Å²) < 4.78 is 6.75. The van der Waals surface area contributed by atoms with Gasteiger partial charge in [-0.1, -0.05) is 15.9 Å². The van der Waals surface area contributed by atoms with Crippen molar-refractivity contribution in [2.24, 2.45) is 0 Å². The van der Waals surface area contributed by atoms with Gasteiger partial charge in [0.25, 0.3) is 0 Å². The van der Waals surface area contributed by atoms with Crippen molar-refractivity contribution in [1.29, 1.82) is 0 Å². The SMILES string of the molecule is Brc1ccc(OCCNC2CCSCC2)cc1. The van der Waals surface area contributed by atoms with Crippen LogP contribution in [0.3, 0.4) is 0 Å². The van der Waals surface area contributed by atoms with Crippen molar-refractivity contribution in [2.75, 3.05) is 24.7 Å². The first-order valence-corrected chi connectivity index (χ1v) is 7.99. The first kappa shape index (κ1) is 13.2. The van der Waals surface area contributed by atoms with Gasteiger partial charge < -0.3 is 10.1 Å². The normalized spacial score (nSPS) is 17.0. The zero-order valence-electron chi connectivity index (χ0n) is 9.82. The summed E-state index contributed by atoms with van der Waals surface area (Å²) in [5, 5.41) is 3.56. The molecule has 0 radical (unpaired) electrons. The van der Waals surface area contributed by atoms with Crippen molar-refractivity contribution in [2.45, 2.75) is 18.9 Å². The minimum absolute atomic E-state index is 0.699. The molecule has 0 aliphatic carbocycles. The number of hydrogen-bond acceptors (Lipinski definition) is 3. The third kappa shape index (κ3) is 4.90. The Bertz CT molecular complexity index is 325. The molecule has 0 bridgehead atoms. The highest BCUT2D eigenvalue weighted by Crippen LogP contribution is 2.17. The van der Waals surface area contributed by atoms with E-state index in [1.165, 1.54) is 24.3 Å². The molecule has 1 aromatic carbocycles. The number of hydrogen-bond donors (Lipinski definition) is 1. The fourth-order valence-corrected chi connectivity index (χ4v) is 3.24. The van der Waals surface area contributed by atoms with E-state index in [1.54, 1.807) is 0 Å².